The lowest BCUT2D eigenvalue weighted by molar-refractivity contribution is -0.140. The minimum atomic E-state index is -0.844. The molecule has 0 heterocycles. The normalized spacial score (nSPS) is 11.6. The Morgan fingerprint density at radius 2 is 1.41 bits per heavy atom. The quantitative estimate of drug-likeness (QED) is 0.213. The Balaban J connectivity index is 1.65. The number of rotatable bonds is 10. The average molecular weight is 584 g/mol. The van der Waals surface area contributed by atoms with Crippen molar-refractivity contribution in [1.29, 1.82) is 0 Å². The third-order valence-corrected chi connectivity index (χ3v) is 7.11. The van der Waals surface area contributed by atoms with Gasteiger partial charge in [0.05, 0.1) is 6.42 Å². The zero-order valence-corrected chi connectivity index (χ0v) is 23.2. The van der Waals surface area contributed by atoms with E-state index in [-0.39, 0.29) is 43.6 Å². The van der Waals surface area contributed by atoms with Crippen LogP contribution in [0.15, 0.2) is 97.1 Å². The fraction of sp³-hybridized carbons (Fsp3) is 0.161. The first-order valence-corrected chi connectivity index (χ1v) is 13.5. The van der Waals surface area contributed by atoms with Gasteiger partial charge < -0.3 is 10.2 Å². The number of amides is 2. The van der Waals surface area contributed by atoms with Gasteiger partial charge in [-0.05, 0) is 58.7 Å². The van der Waals surface area contributed by atoms with Crippen LogP contribution in [0.2, 0.25) is 15.1 Å². The minimum Gasteiger partial charge on any atom is -0.350 e. The maximum Gasteiger partial charge on any atom is 0.243 e. The summed E-state index contributed by atoms with van der Waals surface area (Å²) in [7, 11) is 0. The summed E-state index contributed by atoms with van der Waals surface area (Å²) < 4.78 is 13.6. The van der Waals surface area contributed by atoms with Crippen LogP contribution in [0.3, 0.4) is 0 Å². The highest BCUT2D eigenvalue weighted by Gasteiger charge is 2.30. The molecule has 0 aliphatic heterocycles. The first-order valence-electron chi connectivity index (χ1n) is 12.3. The standard InChI is InChI=1S/C31H26Cl3FN2O2/c32-25-11-6-22(7-12-25)17-30(38)37(20-23-8-14-27(35)15-9-23)29(16-21-4-2-1-3-5-21)31(39)36-19-24-10-13-26(33)18-28(24)34/h1-15,18,29H,16-17,19-20H2,(H,36,39)/t29-/m1/s1. The van der Waals surface area contributed by atoms with Crippen molar-refractivity contribution in [2.45, 2.75) is 32.0 Å². The van der Waals surface area contributed by atoms with E-state index in [1.807, 2.05) is 30.3 Å². The largest absolute Gasteiger partial charge is 0.350 e. The Morgan fingerprint density at radius 1 is 0.769 bits per heavy atom. The van der Waals surface area contributed by atoms with E-state index in [1.165, 1.54) is 12.1 Å². The second-order valence-corrected chi connectivity index (χ2v) is 10.4. The number of hydrogen-bond acceptors (Lipinski definition) is 2. The van der Waals surface area contributed by atoms with Crippen LogP contribution < -0.4 is 5.32 Å². The van der Waals surface area contributed by atoms with Gasteiger partial charge in [-0.2, -0.15) is 0 Å². The summed E-state index contributed by atoms with van der Waals surface area (Å²) in [5.41, 5.74) is 3.06. The number of carbonyl (C=O) groups is 2. The Bertz CT molecular complexity index is 1410. The number of nitrogens with zero attached hydrogens (tertiary/aromatic N) is 1. The maximum absolute atomic E-state index is 13.8. The van der Waals surface area contributed by atoms with Crippen molar-refractivity contribution < 1.29 is 14.0 Å². The molecule has 4 aromatic carbocycles. The Kier molecular flexibility index (Phi) is 9.99. The van der Waals surface area contributed by atoms with Gasteiger partial charge in [-0.15, -0.1) is 0 Å². The summed E-state index contributed by atoms with van der Waals surface area (Å²) in [6.07, 6.45) is 0.356. The van der Waals surface area contributed by atoms with E-state index in [9.17, 15) is 14.0 Å². The highest BCUT2D eigenvalue weighted by molar-refractivity contribution is 6.35. The Hall–Kier alpha value is -3.38. The van der Waals surface area contributed by atoms with Gasteiger partial charge in [-0.3, -0.25) is 9.59 Å². The van der Waals surface area contributed by atoms with Crippen LogP contribution in [0.4, 0.5) is 4.39 Å². The SMILES string of the molecule is O=C(NCc1ccc(Cl)cc1Cl)[C@@H](Cc1ccccc1)N(Cc1ccc(F)cc1)C(=O)Cc1ccc(Cl)cc1. The monoisotopic (exact) mass is 582 g/mol. The van der Waals surface area contributed by atoms with Crippen molar-refractivity contribution in [3.8, 4) is 0 Å². The van der Waals surface area contributed by atoms with Gasteiger partial charge in [0.2, 0.25) is 11.8 Å². The molecule has 200 valence electrons. The molecule has 2 amide bonds. The van der Waals surface area contributed by atoms with E-state index in [2.05, 4.69) is 5.32 Å². The number of benzene rings is 4. The third kappa shape index (κ3) is 8.30. The van der Waals surface area contributed by atoms with Crippen molar-refractivity contribution in [3.63, 3.8) is 0 Å². The number of hydrogen-bond donors (Lipinski definition) is 1. The molecule has 0 fully saturated rings. The molecule has 1 N–H and O–H groups in total. The number of nitrogens with one attached hydrogen (secondary N) is 1. The number of carbonyl (C=O) groups excluding carboxylic acids is 2. The zero-order chi connectivity index (χ0) is 27.8. The molecule has 0 radical (unpaired) electrons. The molecule has 0 aromatic heterocycles. The molecule has 0 unspecified atom stereocenters. The Morgan fingerprint density at radius 3 is 2.08 bits per heavy atom. The van der Waals surface area contributed by atoms with E-state index in [0.29, 0.717) is 26.2 Å². The highest BCUT2D eigenvalue weighted by atomic mass is 35.5. The molecule has 1 atom stereocenters. The number of halogens is 4. The van der Waals surface area contributed by atoms with Gasteiger partial charge in [0, 0.05) is 34.6 Å². The van der Waals surface area contributed by atoms with Gasteiger partial charge >= 0.3 is 0 Å². The van der Waals surface area contributed by atoms with E-state index in [4.69, 9.17) is 34.8 Å². The molecular formula is C31H26Cl3FN2O2. The summed E-state index contributed by atoms with van der Waals surface area (Å²) in [4.78, 5) is 29.1. The average Bonchev–Trinajstić information content (AvgIpc) is 2.93. The predicted octanol–water partition coefficient (Wildman–Crippen LogP) is 7.28. The third-order valence-electron chi connectivity index (χ3n) is 6.27. The molecule has 4 aromatic rings. The van der Waals surface area contributed by atoms with Crippen LogP contribution in [0.1, 0.15) is 22.3 Å². The van der Waals surface area contributed by atoms with E-state index >= 15 is 0 Å². The summed E-state index contributed by atoms with van der Waals surface area (Å²) >= 11 is 18.4. The fourth-order valence-electron chi connectivity index (χ4n) is 4.18. The van der Waals surface area contributed by atoms with Crippen molar-refractivity contribution in [2.24, 2.45) is 0 Å². The van der Waals surface area contributed by atoms with Gasteiger partial charge in [0.15, 0.2) is 0 Å². The summed E-state index contributed by atoms with van der Waals surface area (Å²) in [6.45, 7) is 0.287. The molecule has 0 bridgehead atoms. The molecule has 0 saturated carbocycles. The Labute approximate surface area is 242 Å². The van der Waals surface area contributed by atoms with Crippen molar-refractivity contribution in [2.75, 3.05) is 0 Å². The van der Waals surface area contributed by atoms with E-state index < -0.39 is 6.04 Å². The fourth-order valence-corrected chi connectivity index (χ4v) is 4.79. The van der Waals surface area contributed by atoms with Gasteiger partial charge in [-0.1, -0.05) is 95.5 Å². The molecule has 0 saturated heterocycles. The van der Waals surface area contributed by atoms with Crippen LogP contribution in [0.5, 0.6) is 0 Å². The van der Waals surface area contributed by atoms with Crippen LogP contribution in [-0.2, 0) is 35.5 Å². The summed E-state index contributed by atoms with van der Waals surface area (Å²) in [5.74, 6) is -0.963. The smallest absolute Gasteiger partial charge is 0.243 e. The molecule has 8 heteroatoms. The highest BCUT2D eigenvalue weighted by Crippen LogP contribution is 2.22. The van der Waals surface area contributed by atoms with E-state index in [1.54, 1.807) is 59.5 Å². The minimum absolute atomic E-state index is 0.0694. The van der Waals surface area contributed by atoms with Gasteiger partial charge in [-0.25, -0.2) is 4.39 Å². The van der Waals surface area contributed by atoms with Crippen molar-refractivity contribution in [3.05, 3.63) is 140 Å². The topological polar surface area (TPSA) is 49.4 Å². The molecule has 0 spiro atoms. The molecule has 0 aliphatic rings. The lowest BCUT2D eigenvalue weighted by Gasteiger charge is -2.32. The van der Waals surface area contributed by atoms with Crippen molar-refractivity contribution >= 4 is 46.6 Å². The van der Waals surface area contributed by atoms with Gasteiger partial charge in [0.25, 0.3) is 0 Å². The second-order valence-electron chi connectivity index (χ2n) is 9.11. The first-order chi connectivity index (χ1) is 18.8. The lowest BCUT2D eigenvalue weighted by Crippen LogP contribution is -2.50. The zero-order valence-electron chi connectivity index (χ0n) is 20.9. The van der Waals surface area contributed by atoms with Crippen LogP contribution in [0.25, 0.3) is 0 Å². The summed E-state index contributed by atoms with van der Waals surface area (Å²) in [5, 5.41) is 4.44. The molecule has 0 aliphatic carbocycles. The summed E-state index contributed by atoms with van der Waals surface area (Å²) in [6, 6.07) is 26.6. The van der Waals surface area contributed by atoms with Crippen LogP contribution in [0, 0.1) is 5.82 Å². The lowest BCUT2D eigenvalue weighted by atomic mass is 10.0. The molecular weight excluding hydrogens is 558 g/mol. The first kappa shape index (κ1) is 28.6. The van der Waals surface area contributed by atoms with E-state index in [0.717, 1.165) is 11.1 Å². The van der Waals surface area contributed by atoms with Crippen molar-refractivity contribution in [1.82, 2.24) is 10.2 Å². The molecule has 4 nitrogen and oxygen atoms in total. The van der Waals surface area contributed by atoms with Crippen LogP contribution in [-0.4, -0.2) is 22.8 Å². The predicted molar refractivity (Wildman–Crippen MR) is 154 cm³/mol. The van der Waals surface area contributed by atoms with Crippen LogP contribution >= 0.6 is 34.8 Å². The van der Waals surface area contributed by atoms with Gasteiger partial charge in [0.1, 0.15) is 11.9 Å². The molecule has 4 rings (SSSR count). The second kappa shape index (κ2) is 13.6. The molecule has 39 heavy (non-hydrogen) atoms. The maximum atomic E-state index is 13.8.